The van der Waals surface area contributed by atoms with E-state index >= 15 is 0 Å². The SMILES string of the molecule is CCc1cccc2cccc(N3CCc4c(nc(OCC56CCCN5C(CO)CC6)nc4N4C[C@H]5CC[C@@H](C4)N5C(=O)OC(C)(C)C)C3)c12. The van der Waals surface area contributed by atoms with Crippen molar-refractivity contribution in [3.63, 3.8) is 0 Å². The predicted octanol–water partition coefficient (Wildman–Crippen LogP) is 5.71. The number of fused-ring (bicyclic) bond motifs is 5. The number of aryl methyl sites for hydroxylation is 1. The Balaban J connectivity index is 1.12. The molecule has 5 aliphatic rings. The van der Waals surface area contributed by atoms with E-state index in [9.17, 15) is 9.90 Å². The van der Waals surface area contributed by atoms with Gasteiger partial charge in [0.15, 0.2) is 0 Å². The van der Waals surface area contributed by atoms with Gasteiger partial charge >= 0.3 is 12.1 Å². The van der Waals surface area contributed by atoms with Crippen LogP contribution in [0.25, 0.3) is 10.8 Å². The lowest BCUT2D eigenvalue weighted by Crippen LogP contribution is -2.57. The second-order valence-electron chi connectivity index (χ2n) is 15.9. The second kappa shape index (κ2) is 12.6. The zero-order valence-electron chi connectivity index (χ0n) is 29.7. The van der Waals surface area contributed by atoms with Gasteiger partial charge < -0.3 is 24.4 Å². The van der Waals surface area contributed by atoms with E-state index < -0.39 is 5.60 Å². The van der Waals surface area contributed by atoms with Crippen LogP contribution >= 0.6 is 0 Å². The van der Waals surface area contributed by atoms with Crippen LogP contribution in [0.15, 0.2) is 36.4 Å². The summed E-state index contributed by atoms with van der Waals surface area (Å²) in [4.78, 5) is 33.0. The number of hydrogen-bond acceptors (Lipinski definition) is 9. The molecule has 2 aromatic carbocycles. The first-order chi connectivity index (χ1) is 23.7. The van der Waals surface area contributed by atoms with Crippen molar-refractivity contribution in [2.24, 2.45) is 0 Å². The summed E-state index contributed by atoms with van der Waals surface area (Å²) >= 11 is 0. The van der Waals surface area contributed by atoms with Crippen molar-refractivity contribution in [2.75, 3.05) is 49.2 Å². The molecule has 1 aromatic heterocycles. The highest BCUT2D eigenvalue weighted by molar-refractivity contribution is 5.97. The van der Waals surface area contributed by atoms with Gasteiger partial charge in [-0.15, -0.1) is 0 Å². The number of piperazine rings is 1. The second-order valence-corrected chi connectivity index (χ2v) is 15.9. The fourth-order valence-electron chi connectivity index (χ4n) is 9.57. The minimum absolute atomic E-state index is 0.0590. The molecule has 4 fully saturated rings. The minimum atomic E-state index is -0.523. The summed E-state index contributed by atoms with van der Waals surface area (Å²) in [5.41, 5.74) is 4.27. The molecule has 4 atom stereocenters. The number of nitrogens with zero attached hydrogens (tertiary/aromatic N) is 6. The summed E-state index contributed by atoms with van der Waals surface area (Å²) in [5.74, 6) is 0.966. The van der Waals surface area contributed by atoms with Crippen molar-refractivity contribution in [3.05, 3.63) is 53.2 Å². The monoisotopic (exact) mass is 668 g/mol. The fraction of sp³-hybridized carbons (Fsp3) is 0.615. The molecule has 49 heavy (non-hydrogen) atoms. The quantitative estimate of drug-likeness (QED) is 0.340. The molecule has 0 saturated carbocycles. The zero-order chi connectivity index (χ0) is 33.9. The van der Waals surface area contributed by atoms with E-state index in [1.54, 1.807) is 0 Å². The Morgan fingerprint density at radius 3 is 2.51 bits per heavy atom. The Morgan fingerprint density at radius 2 is 1.78 bits per heavy atom. The predicted molar refractivity (Wildman–Crippen MR) is 191 cm³/mol. The molecule has 2 unspecified atom stereocenters. The average Bonchev–Trinajstić information content (AvgIpc) is 3.74. The van der Waals surface area contributed by atoms with E-state index in [4.69, 9.17) is 19.4 Å². The molecule has 0 spiro atoms. The zero-order valence-corrected chi connectivity index (χ0v) is 29.7. The molecule has 1 N–H and O–H groups in total. The van der Waals surface area contributed by atoms with E-state index in [0.717, 1.165) is 89.1 Å². The summed E-state index contributed by atoms with van der Waals surface area (Å²) in [5, 5.41) is 12.7. The summed E-state index contributed by atoms with van der Waals surface area (Å²) in [6.07, 6.45) is 7.78. The number of ether oxygens (including phenoxy) is 2. The van der Waals surface area contributed by atoms with Gasteiger partial charge in [0.1, 0.15) is 18.0 Å². The molecule has 2 bridgehead atoms. The van der Waals surface area contributed by atoms with Crippen molar-refractivity contribution in [1.82, 2.24) is 19.8 Å². The minimum Gasteiger partial charge on any atom is -0.461 e. The smallest absolute Gasteiger partial charge is 0.410 e. The lowest BCUT2D eigenvalue weighted by Gasteiger charge is -2.43. The van der Waals surface area contributed by atoms with Crippen LogP contribution < -0.4 is 14.5 Å². The molecule has 6 heterocycles. The van der Waals surface area contributed by atoms with Crippen molar-refractivity contribution < 1.29 is 19.4 Å². The Morgan fingerprint density at radius 1 is 1.00 bits per heavy atom. The number of benzene rings is 2. The molecule has 262 valence electrons. The highest BCUT2D eigenvalue weighted by atomic mass is 16.6. The summed E-state index contributed by atoms with van der Waals surface area (Å²) in [7, 11) is 0. The Bertz CT molecular complexity index is 1710. The van der Waals surface area contributed by atoms with Crippen LogP contribution in [-0.2, 0) is 24.1 Å². The first-order valence-corrected chi connectivity index (χ1v) is 18.6. The van der Waals surface area contributed by atoms with E-state index in [2.05, 4.69) is 58.0 Å². The Labute approximate surface area is 290 Å². The third kappa shape index (κ3) is 5.88. The Hall–Kier alpha value is -3.63. The highest BCUT2D eigenvalue weighted by Gasteiger charge is 2.50. The number of rotatable bonds is 7. The van der Waals surface area contributed by atoms with Crippen LogP contribution in [0.2, 0.25) is 0 Å². The van der Waals surface area contributed by atoms with Crippen LogP contribution in [-0.4, -0.2) is 99.6 Å². The van der Waals surface area contributed by atoms with Gasteiger partial charge in [0.25, 0.3) is 0 Å². The molecule has 4 saturated heterocycles. The third-order valence-corrected chi connectivity index (χ3v) is 11.8. The molecule has 10 heteroatoms. The molecule has 10 nitrogen and oxygen atoms in total. The van der Waals surface area contributed by atoms with E-state index in [1.165, 1.54) is 27.6 Å². The van der Waals surface area contributed by atoms with E-state index in [0.29, 0.717) is 19.2 Å². The number of carbonyl (C=O) groups excluding carboxylic acids is 1. The lowest BCUT2D eigenvalue weighted by molar-refractivity contribution is 0.0122. The largest absolute Gasteiger partial charge is 0.461 e. The number of aliphatic hydroxyl groups excluding tert-OH is 1. The summed E-state index contributed by atoms with van der Waals surface area (Å²) in [6.45, 7) is 12.8. The van der Waals surface area contributed by atoms with Gasteiger partial charge in [-0.1, -0.05) is 37.3 Å². The Kier molecular flexibility index (Phi) is 8.38. The fourth-order valence-corrected chi connectivity index (χ4v) is 9.57. The lowest BCUT2D eigenvalue weighted by atomic mass is 9.95. The summed E-state index contributed by atoms with van der Waals surface area (Å²) in [6, 6.07) is 14.1. The van der Waals surface area contributed by atoms with Crippen LogP contribution in [0.3, 0.4) is 0 Å². The maximum Gasteiger partial charge on any atom is 0.410 e. The summed E-state index contributed by atoms with van der Waals surface area (Å²) < 4.78 is 12.5. The van der Waals surface area contributed by atoms with Gasteiger partial charge in [-0.25, -0.2) is 4.79 Å². The first kappa shape index (κ1) is 32.6. The topological polar surface area (TPSA) is 94.5 Å². The van der Waals surface area contributed by atoms with Gasteiger partial charge in [0.2, 0.25) is 0 Å². The molecular formula is C39H52N6O4. The van der Waals surface area contributed by atoms with Crippen LogP contribution in [0.1, 0.15) is 83.0 Å². The molecule has 5 aliphatic heterocycles. The highest BCUT2D eigenvalue weighted by Crippen LogP contribution is 2.43. The maximum atomic E-state index is 13.3. The van der Waals surface area contributed by atoms with Crippen LogP contribution in [0.4, 0.5) is 16.3 Å². The number of anilines is 2. The normalized spacial score (nSPS) is 26.7. The number of amides is 1. The molecule has 3 aromatic rings. The molecule has 0 radical (unpaired) electrons. The van der Waals surface area contributed by atoms with Crippen molar-refractivity contribution in [3.8, 4) is 6.01 Å². The van der Waals surface area contributed by atoms with Crippen molar-refractivity contribution in [1.29, 1.82) is 0 Å². The molecular weight excluding hydrogens is 616 g/mol. The van der Waals surface area contributed by atoms with Gasteiger partial charge in [-0.2, -0.15) is 9.97 Å². The molecule has 8 rings (SSSR count). The number of carbonyl (C=O) groups is 1. The van der Waals surface area contributed by atoms with Gasteiger partial charge in [0.05, 0.1) is 36.5 Å². The number of aromatic nitrogens is 2. The van der Waals surface area contributed by atoms with Crippen LogP contribution in [0.5, 0.6) is 6.01 Å². The molecule has 0 aliphatic carbocycles. The number of hydrogen-bond donors (Lipinski definition) is 1. The first-order valence-electron chi connectivity index (χ1n) is 18.6. The van der Waals surface area contributed by atoms with Crippen LogP contribution in [0, 0.1) is 0 Å². The van der Waals surface area contributed by atoms with E-state index in [-0.39, 0.29) is 36.4 Å². The standard InChI is InChI=1S/C39H52N6O4/c1-5-26-9-6-10-27-11-7-12-33(34(26)27)42-20-16-31-32(23-42)40-36(48-25-39-17-8-19-44(39)30(24-46)15-18-39)41-35(31)43-21-28-13-14-29(22-43)45(28)37(47)49-38(2,3)4/h6-7,9-12,28-30,46H,5,8,13-25H2,1-4H3/t28-,29+,30?,39?. The maximum absolute atomic E-state index is 13.3. The average molecular weight is 669 g/mol. The van der Waals surface area contributed by atoms with Crippen molar-refractivity contribution in [2.45, 2.75) is 115 Å². The van der Waals surface area contributed by atoms with Gasteiger partial charge in [0, 0.05) is 42.3 Å². The third-order valence-electron chi connectivity index (χ3n) is 11.8. The van der Waals surface area contributed by atoms with Crippen molar-refractivity contribution >= 4 is 28.4 Å². The van der Waals surface area contributed by atoms with Gasteiger partial charge in [-0.3, -0.25) is 9.80 Å². The number of aliphatic hydroxyl groups is 1. The van der Waals surface area contributed by atoms with E-state index in [1.807, 2.05) is 25.7 Å². The molecule has 1 amide bonds. The van der Waals surface area contributed by atoms with Gasteiger partial charge in [-0.05, 0) is 95.7 Å².